The van der Waals surface area contributed by atoms with Gasteiger partial charge in [0.15, 0.2) is 0 Å². The van der Waals surface area contributed by atoms with E-state index in [0.29, 0.717) is 5.75 Å². The molecule has 0 aliphatic heterocycles. The van der Waals surface area contributed by atoms with Crippen molar-refractivity contribution in [1.82, 2.24) is 0 Å². The van der Waals surface area contributed by atoms with Crippen LogP contribution in [0, 0.1) is 6.92 Å². The lowest BCUT2D eigenvalue weighted by molar-refractivity contribution is 0.475. The van der Waals surface area contributed by atoms with Gasteiger partial charge in [0.1, 0.15) is 5.75 Å². The van der Waals surface area contributed by atoms with E-state index in [9.17, 15) is 0 Å². The molecular weight excluding hydrogens is 100 g/mol. The fourth-order valence-corrected chi connectivity index (χ4v) is 0.538. The van der Waals surface area contributed by atoms with E-state index in [0.717, 1.165) is 0 Å². The van der Waals surface area contributed by atoms with E-state index in [-0.39, 0.29) is 0 Å². The standard InChI is InChI=1S/C7H8O/c1-6-2-4-7(8)5-3-6/h2-5,8H,1H3/i/hD. The summed E-state index contributed by atoms with van der Waals surface area (Å²) >= 11 is 0. The summed E-state index contributed by atoms with van der Waals surface area (Å²) in [4.78, 5) is 0. The summed E-state index contributed by atoms with van der Waals surface area (Å²) in [6.07, 6.45) is 0. The largest absolute Gasteiger partial charge is 0.508 e. The molecule has 0 bridgehead atoms. The highest BCUT2D eigenvalue weighted by Gasteiger charge is 1.82. The minimum atomic E-state index is 0.584. The quantitative estimate of drug-likeness (QED) is 0.582. The number of phenols is 1. The van der Waals surface area contributed by atoms with Gasteiger partial charge in [-0.1, -0.05) is 17.7 Å². The smallest absolute Gasteiger partial charge is 0.293 e. The highest BCUT2D eigenvalue weighted by molar-refractivity contribution is 5.24. The SMILES string of the molecule is [2H]Oc1ccc(C)cc1. The second-order valence-electron chi connectivity index (χ2n) is 1.81. The van der Waals surface area contributed by atoms with Crippen LogP contribution in [0.4, 0.5) is 0 Å². The summed E-state index contributed by atoms with van der Waals surface area (Å²) in [5.41, 5.74) is 1.18. The van der Waals surface area contributed by atoms with E-state index in [1.54, 1.807) is 12.1 Å². The van der Waals surface area contributed by atoms with Crippen molar-refractivity contribution in [2.24, 2.45) is 0 Å². The minimum absolute atomic E-state index is 0.584. The second kappa shape index (κ2) is 1.86. The van der Waals surface area contributed by atoms with E-state index >= 15 is 0 Å². The first-order chi connectivity index (χ1) is 4.33. The zero-order valence-corrected chi connectivity index (χ0v) is 4.72. The maximum absolute atomic E-state index is 6.51. The number of hydrogen-bond donors (Lipinski definition) is 1. The fraction of sp³-hybridized carbons (Fsp3) is 0.143. The van der Waals surface area contributed by atoms with E-state index in [1.165, 1.54) is 5.56 Å². The van der Waals surface area contributed by atoms with Gasteiger partial charge >= 0.3 is 0 Å². The molecule has 0 aliphatic rings. The molecule has 0 atom stereocenters. The van der Waals surface area contributed by atoms with Gasteiger partial charge in [-0.3, -0.25) is 0 Å². The van der Waals surface area contributed by atoms with Crippen LogP contribution in [-0.2, 0) is 0 Å². The number of hydrogen-bond acceptors (Lipinski definition) is 1. The maximum Gasteiger partial charge on any atom is 0.293 e. The van der Waals surface area contributed by atoms with Crippen molar-refractivity contribution in [2.45, 2.75) is 6.92 Å². The monoisotopic (exact) mass is 109 g/mol. The van der Waals surface area contributed by atoms with Gasteiger partial charge in [0.05, 0.1) is 0 Å². The van der Waals surface area contributed by atoms with Crippen LogP contribution in [-0.4, -0.2) is 6.54 Å². The molecule has 1 aromatic carbocycles. The van der Waals surface area contributed by atoms with Gasteiger partial charge in [-0.2, -0.15) is 0 Å². The summed E-state index contributed by atoms with van der Waals surface area (Å²) in [5, 5.41) is 4.22. The van der Waals surface area contributed by atoms with E-state index < -0.39 is 0 Å². The molecule has 0 aliphatic carbocycles. The van der Waals surface area contributed by atoms with Crippen molar-refractivity contribution in [1.29, 1.82) is 1.43 Å². The Bertz CT molecular complexity index is 181. The average Bonchev–Trinajstić information content (AvgIpc) is 1.90. The van der Waals surface area contributed by atoms with Crippen LogP contribution < -0.4 is 0 Å². The fourth-order valence-electron chi connectivity index (χ4n) is 0.538. The van der Waals surface area contributed by atoms with Gasteiger partial charge in [-0.25, -0.2) is 0 Å². The Balaban J connectivity index is 2.88. The van der Waals surface area contributed by atoms with Crippen LogP contribution in [0.15, 0.2) is 24.3 Å². The number of aryl methyl sites for hydroxylation is 1. The first-order valence-corrected chi connectivity index (χ1v) is 2.53. The van der Waals surface area contributed by atoms with Gasteiger partial charge in [0.2, 0.25) is 0 Å². The van der Waals surface area contributed by atoms with Crippen molar-refractivity contribution in [3.8, 4) is 5.75 Å². The van der Waals surface area contributed by atoms with Crippen LogP contribution >= 0.6 is 0 Å². The van der Waals surface area contributed by atoms with Gasteiger partial charge in [0.25, 0.3) is 1.43 Å². The van der Waals surface area contributed by atoms with Crippen LogP contribution in [0.2, 0.25) is 0 Å². The Morgan fingerprint density at radius 2 is 2.00 bits per heavy atom. The Hall–Kier alpha value is -0.980. The van der Waals surface area contributed by atoms with E-state index in [1.807, 2.05) is 19.1 Å². The van der Waals surface area contributed by atoms with Crippen molar-refractivity contribution >= 4 is 0 Å². The summed E-state index contributed by atoms with van der Waals surface area (Å²) < 4.78 is 6.51. The Kier molecular flexibility index (Phi) is 0.922. The molecular formula is C7H8O. The molecule has 1 heteroatoms. The molecule has 0 saturated heterocycles. The summed E-state index contributed by atoms with van der Waals surface area (Å²) in [5.74, 6) is 0.584. The Labute approximate surface area is 50.1 Å². The van der Waals surface area contributed by atoms with Crippen molar-refractivity contribution in [2.75, 3.05) is 0 Å². The average molecular weight is 109 g/mol. The molecule has 1 N–H and O–H groups in total. The second-order valence-corrected chi connectivity index (χ2v) is 1.81. The molecule has 0 unspecified atom stereocenters. The minimum Gasteiger partial charge on any atom is -0.508 e. The molecule has 0 amide bonds. The Morgan fingerprint density at radius 1 is 1.38 bits per heavy atom. The molecule has 1 rings (SSSR count). The van der Waals surface area contributed by atoms with Gasteiger partial charge in [-0.15, -0.1) is 0 Å². The maximum atomic E-state index is 6.51. The lowest BCUT2D eigenvalue weighted by Crippen LogP contribution is -1.66. The van der Waals surface area contributed by atoms with Crippen LogP contribution in [0.5, 0.6) is 5.75 Å². The van der Waals surface area contributed by atoms with Crippen molar-refractivity contribution in [3.05, 3.63) is 29.8 Å². The molecule has 1 aromatic rings. The number of aromatic hydroxyl groups is 1. The summed E-state index contributed by atoms with van der Waals surface area (Å²) in [7, 11) is 0. The number of phenolic OH excluding ortho intramolecular Hbond substituents is 1. The molecule has 0 radical (unpaired) electrons. The van der Waals surface area contributed by atoms with Crippen LogP contribution in [0.3, 0.4) is 0 Å². The zero-order chi connectivity index (χ0) is 6.69. The molecule has 0 aromatic heterocycles. The van der Waals surface area contributed by atoms with Gasteiger partial charge < -0.3 is 5.11 Å². The van der Waals surface area contributed by atoms with Gasteiger partial charge in [-0.05, 0) is 19.1 Å². The topological polar surface area (TPSA) is 20.2 Å². The first-order valence-electron chi connectivity index (χ1n) is 2.93. The Morgan fingerprint density at radius 3 is 2.50 bits per heavy atom. The summed E-state index contributed by atoms with van der Waals surface area (Å²) in [6, 6.07) is 7.35. The van der Waals surface area contributed by atoms with Crippen LogP contribution in [0.25, 0.3) is 0 Å². The molecule has 0 heterocycles. The highest BCUT2D eigenvalue weighted by atomic mass is 16.3. The third kappa shape index (κ3) is 0.997. The lowest BCUT2D eigenvalue weighted by atomic mass is 10.2. The molecule has 0 saturated carbocycles. The number of benzene rings is 1. The predicted molar refractivity (Wildman–Crippen MR) is 32.8 cm³/mol. The van der Waals surface area contributed by atoms with Crippen molar-refractivity contribution < 1.29 is 5.11 Å². The van der Waals surface area contributed by atoms with E-state index in [4.69, 9.17) is 1.43 Å². The van der Waals surface area contributed by atoms with Crippen LogP contribution in [0.1, 0.15) is 5.56 Å². The lowest BCUT2D eigenvalue weighted by Gasteiger charge is -1.89. The van der Waals surface area contributed by atoms with E-state index in [2.05, 4.69) is 5.11 Å². The molecule has 42 valence electrons. The number of rotatable bonds is 1. The third-order valence-electron chi connectivity index (χ3n) is 1.02. The third-order valence-corrected chi connectivity index (χ3v) is 1.02. The summed E-state index contributed by atoms with van der Waals surface area (Å²) in [6.45, 7) is 1.99. The molecule has 8 heavy (non-hydrogen) atoms. The zero-order valence-electron chi connectivity index (χ0n) is 5.72. The first kappa shape index (κ1) is 3.96. The predicted octanol–water partition coefficient (Wildman–Crippen LogP) is 1.70. The highest BCUT2D eigenvalue weighted by Crippen LogP contribution is 2.07. The molecule has 0 spiro atoms. The molecule has 0 fully saturated rings. The van der Waals surface area contributed by atoms with Crippen molar-refractivity contribution in [3.63, 3.8) is 0 Å². The normalized spacial score (nSPS) is 10.4. The van der Waals surface area contributed by atoms with Gasteiger partial charge in [0, 0.05) is 0 Å². The molecule has 1 nitrogen and oxygen atoms in total.